The number of rotatable bonds is 4. The number of hydrogen-bond acceptors (Lipinski definition) is 3. The highest BCUT2D eigenvalue weighted by Crippen LogP contribution is 2.20. The zero-order chi connectivity index (χ0) is 18.7. The van der Waals surface area contributed by atoms with E-state index in [1.807, 2.05) is 19.9 Å². The molecule has 1 aromatic rings. The van der Waals surface area contributed by atoms with Crippen LogP contribution < -0.4 is 10.9 Å². The number of aromatic nitrogens is 1. The van der Waals surface area contributed by atoms with Gasteiger partial charge in [0.15, 0.2) is 0 Å². The number of H-pyrrole nitrogens is 1. The van der Waals surface area contributed by atoms with Crippen LogP contribution in [0, 0.1) is 5.92 Å². The van der Waals surface area contributed by atoms with Crippen LogP contribution in [0.5, 0.6) is 0 Å². The Kier molecular flexibility index (Phi) is 5.86. The van der Waals surface area contributed by atoms with Crippen LogP contribution >= 0.6 is 0 Å². The van der Waals surface area contributed by atoms with Crippen molar-refractivity contribution < 1.29 is 4.79 Å². The summed E-state index contributed by atoms with van der Waals surface area (Å²) < 4.78 is 0. The van der Waals surface area contributed by atoms with E-state index in [0.717, 1.165) is 56.6 Å². The molecule has 0 spiro atoms. The minimum absolute atomic E-state index is 0.255. The van der Waals surface area contributed by atoms with Crippen LogP contribution in [0.4, 0.5) is 0 Å². The lowest BCUT2D eigenvalue weighted by Gasteiger charge is -2.37. The van der Waals surface area contributed by atoms with E-state index < -0.39 is 0 Å². The number of piperidine rings is 1. The van der Waals surface area contributed by atoms with E-state index in [1.165, 1.54) is 19.3 Å². The zero-order valence-corrected chi connectivity index (χ0v) is 16.5. The Morgan fingerprint density at radius 2 is 2.04 bits per heavy atom. The molecule has 0 saturated carbocycles. The Morgan fingerprint density at radius 1 is 1.27 bits per heavy atom. The van der Waals surface area contributed by atoms with E-state index >= 15 is 0 Å². The topological polar surface area (TPSA) is 65.2 Å². The number of aryl methyl sites for hydroxylation is 2. The third kappa shape index (κ3) is 4.76. The summed E-state index contributed by atoms with van der Waals surface area (Å²) in [5.41, 5.74) is 1.78. The predicted octanol–water partition coefficient (Wildman–Crippen LogP) is 2.88. The van der Waals surface area contributed by atoms with Crippen molar-refractivity contribution in [2.24, 2.45) is 5.92 Å². The predicted molar refractivity (Wildman–Crippen MR) is 105 cm³/mol. The van der Waals surface area contributed by atoms with Gasteiger partial charge in [-0.15, -0.1) is 0 Å². The summed E-state index contributed by atoms with van der Waals surface area (Å²) in [6, 6.07) is 1.83. The average Bonchev–Trinajstić information content (AvgIpc) is 2.77. The van der Waals surface area contributed by atoms with Crippen LogP contribution in [0.1, 0.15) is 74.5 Å². The monoisotopic (exact) mass is 359 g/mol. The van der Waals surface area contributed by atoms with Gasteiger partial charge in [0.05, 0.1) is 0 Å². The highest BCUT2D eigenvalue weighted by molar-refractivity contribution is 5.94. The van der Waals surface area contributed by atoms with Gasteiger partial charge >= 0.3 is 0 Å². The van der Waals surface area contributed by atoms with Gasteiger partial charge in [0.2, 0.25) is 0 Å². The van der Waals surface area contributed by atoms with Crippen molar-refractivity contribution in [1.82, 2.24) is 15.2 Å². The molecule has 1 fully saturated rings. The van der Waals surface area contributed by atoms with Crippen LogP contribution in [0.15, 0.2) is 10.9 Å². The number of carbonyl (C=O) groups excluding carboxylic acids is 1. The first-order valence-corrected chi connectivity index (χ1v) is 10.1. The average molecular weight is 360 g/mol. The third-order valence-electron chi connectivity index (χ3n) is 5.64. The number of nitrogens with zero attached hydrogens (tertiary/aromatic N) is 1. The fourth-order valence-corrected chi connectivity index (χ4v) is 4.42. The lowest BCUT2D eigenvalue weighted by atomic mass is 9.97. The molecule has 0 bridgehead atoms. The highest BCUT2D eigenvalue weighted by Gasteiger charge is 2.28. The highest BCUT2D eigenvalue weighted by atomic mass is 16.2. The van der Waals surface area contributed by atoms with E-state index in [0.29, 0.717) is 5.92 Å². The lowest BCUT2D eigenvalue weighted by Crippen LogP contribution is -2.53. The van der Waals surface area contributed by atoms with Gasteiger partial charge in [0.1, 0.15) is 5.56 Å². The van der Waals surface area contributed by atoms with Crippen molar-refractivity contribution in [1.29, 1.82) is 0 Å². The number of nitrogens with one attached hydrogen (secondary N) is 2. The molecule has 1 aromatic heterocycles. The Morgan fingerprint density at radius 3 is 2.81 bits per heavy atom. The van der Waals surface area contributed by atoms with E-state index in [4.69, 9.17) is 0 Å². The summed E-state index contributed by atoms with van der Waals surface area (Å²) in [6.45, 7) is 9.35. The first-order chi connectivity index (χ1) is 12.3. The number of amides is 1. The zero-order valence-electron chi connectivity index (χ0n) is 16.5. The quantitative estimate of drug-likeness (QED) is 0.813. The van der Waals surface area contributed by atoms with E-state index in [-0.39, 0.29) is 22.6 Å². The Bertz CT molecular complexity index is 708. The van der Waals surface area contributed by atoms with Crippen LogP contribution in [-0.2, 0) is 12.8 Å². The molecule has 2 N–H and O–H groups in total. The molecule has 1 atom stereocenters. The standard InChI is InChI=1S/C21H33N3O2/c1-15-8-7-11-24(13-15)14-21(2,3)23-20(26)17-12-16-9-5-4-6-10-18(16)22-19(17)25/h12,15H,4-11,13-14H2,1-3H3,(H,22,25)(H,23,26). The van der Waals surface area contributed by atoms with Gasteiger partial charge in [-0.25, -0.2) is 0 Å². The van der Waals surface area contributed by atoms with Crippen molar-refractivity contribution >= 4 is 5.91 Å². The molecule has 5 nitrogen and oxygen atoms in total. The van der Waals surface area contributed by atoms with Crippen molar-refractivity contribution in [3.8, 4) is 0 Å². The second kappa shape index (κ2) is 7.95. The summed E-state index contributed by atoms with van der Waals surface area (Å²) in [5, 5.41) is 3.10. The number of carbonyl (C=O) groups is 1. The van der Waals surface area contributed by atoms with Gasteiger partial charge in [0.25, 0.3) is 11.5 Å². The smallest absolute Gasteiger partial charge is 0.261 e. The molecule has 1 amide bonds. The van der Waals surface area contributed by atoms with Gasteiger partial charge in [-0.3, -0.25) is 9.59 Å². The normalized spacial score (nSPS) is 21.7. The van der Waals surface area contributed by atoms with Crippen molar-refractivity contribution in [3.63, 3.8) is 0 Å². The van der Waals surface area contributed by atoms with E-state index in [1.54, 1.807) is 0 Å². The van der Waals surface area contributed by atoms with Gasteiger partial charge < -0.3 is 15.2 Å². The third-order valence-corrected chi connectivity index (χ3v) is 5.64. The SMILES string of the molecule is CC1CCCN(CC(C)(C)NC(=O)c2cc3c([nH]c2=O)CCCCC3)C1. The molecule has 1 saturated heterocycles. The molecule has 1 aliphatic carbocycles. The Labute approximate surface area is 156 Å². The number of pyridine rings is 1. The first-order valence-electron chi connectivity index (χ1n) is 10.1. The maximum atomic E-state index is 12.8. The van der Waals surface area contributed by atoms with Crippen molar-refractivity contribution in [3.05, 3.63) is 33.2 Å². The molecule has 2 aliphatic rings. The lowest BCUT2D eigenvalue weighted by molar-refractivity contribution is 0.0861. The molecule has 1 aliphatic heterocycles. The molecule has 0 aromatic carbocycles. The molecule has 3 rings (SSSR count). The molecular formula is C21H33N3O2. The maximum absolute atomic E-state index is 12.8. The molecule has 144 valence electrons. The van der Waals surface area contributed by atoms with E-state index in [2.05, 4.69) is 22.1 Å². The molecule has 2 heterocycles. The van der Waals surface area contributed by atoms with Gasteiger partial charge in [0, 0.05) is 24.3 Å². The number of hydrogen-bond donors (Lipinski definition) is 2. The minimum Gasteiger partial charge on any atom is -0.346 e. The molecule has 1 unspecified atom stereocenters. The van der Waals surface area contributed by atoms with Crippen molar-refractivity contribution in [2.75, 3.05) is 19.6 Å². The van der Waals surface area contributed by atoms with Gasteiger partial charge in [-0.1, -0.05) is 13.3 Å². The second-order valence-electron chi connectivity index (χ2n) is 8.90. The summed E-state index contributed by atoms with van der Waals surface area (Å²) in [4.78, 5) is 30.6. The van der Waals surface area contributed by atoms with E-state index in [9.17, 15) is 9.59 Å². The fourth-order valence-electron chi connectivity index (χ4n) is 4.42. The van der Waals surface area contributed by atoms with Gasteiger partial charge in [-0.2, -0.15) is 0 Å². The first kappa shape index (κ1) is 19.2. The summed E-state index contributed by atoms with van der Waals surface area (Å²) >= 11 is 0. The molecular weight excluding hydrogens is 326 g/mol. The number of likely N-dealkylation sites (tertiary alicyclic amines) is 1. The molecule has 26 heavy (non-hydrogen) atoms. The fraction of sp³-hybridized carbons (Fsp3) is 0.714. The van der Waals surface area contributed by atoms with Crippen LogP contribution in [0.25, 0.3) is 0 Å². The van der Waals surface area contributed by atoms with Crippen LogP contribution in [-0.4, -0.2) is 41.0 Å². The number of fused-ring (bicyclic) bond motifs is 1. The van der Waals surface area contributed by atoms with Crippen molar-refractivity contribution in [2.45, 2.75) is 71.3 Å². The summed E-state index contributed by atoms with van der Waals surface area (Å²) in [6.07, 6.45) is 7.77. The summed E-state index contributed by atoms with van der Waals surface area (Å²) in [5.74, 6) is 0.455. The summed E-state index contributed by atoms with van der Waals surface area (Å²) in [7, 11) is 0. The molecule has 0 radical (unpaired) electrons. The van der Waals surface area contributed by atoms with Gasteiger partial charge in [-0.05, 0) is 76.5 Å². The van der Waals surface area contributed by atoms with Crippen LogP contribution in [0.2, 0.25) is 0 Å². The second-order valence-corrected chi connectivity index (χ2v) is 8.90. The minimum atomic E-state index is -0.368. The Balaban J connectivity index is 1.70. The Hall–Kier alpha value is -1.62. The number of aromatic amines is 1. The molecule has 5 heteroatoms. The maximum Gasteiger partial charge on any atom is 0.261 e. The van der Waals surface area contributed by atoms with Crippen LogP contribution in [0.3, 0.4) is 0 Å². The largest absolute Gasteiger partial charge is 0.346 e.